The molecule has 0 bridgehead atoms. The van der Waals surface area contributed by atoms with Crippen LogP contribution in [0.3, 0.4) is 0 Å². The van der Waals surface area contributed by atoms with Gasteiger partial charge in [0.05, 0.1) is 7.11 Å². The normalized spacial score (nSPS) is 15.8. The van der Waals surface area contributed by atoms with Crippen molar-refractivity contribution in [3.8, 4) is 5.75 Å². The predicted molar refractivity (Wildman–Crippen MR) is 92.0 cm³/mol. The van der Waals surface area contributed by atoms with E-state index in [1.165, 1.54) is 0 Å². The first-order valence-corrected chi connectivity index (χ1v) is 8.12. The zero-order valence-electron chi connectivity index (χ0n) is 13.9. The summed E-state index contributed by atoms with van der Waals surface area (Å²) in [6.07, 6.45) is 2.30. The number of nitrogens with one attached hydrogen (secondary N) is 2. The average Bonchev–Trinajstić information content (AvgIpc) is 2.67. The molecule has 2 aromatic rings. The number of benzene rings is 2. The van der Waals surface area contributed by atoms with Crippen molar-refractivity contribution >= 4 is 11.8 Å². The number of hydroxylamine groups is 1. The van der Waals surface area contributed by atoms with E-state index < -0.39 is 5.91 Å². The molecule has 0 spiro atoms. The van der Waals surface area contributed by atoms with E-state index in [1.807, 2.05) is 6.07 Å². The van der Waals surface area contributed by atoms with Gasteiger partial charge < -0.3 is 10.1 Å². The van der Waals surface area contributed by atoms with Gasteiger partial charge in [0.15, 0.2) is 0 Å². The molecule has 1 aliphatic carbocycles. The molecule has 1 unspecified atom stereocenters. The monoisotopic (exact) mass is 340 g/mol. The number of amides is 2. The Morgan fingerprint density at radius 3 is 2.44 bits per heavy atom. The standard InChI is InChI=1S/C19H20N2O4/c1-25-17-8-5-12(6-9-17)18(22)20-16-7-4-13-10-15(19(23)21-24)3-2-14(13)11-16/h2-3,5-6,8-10,16,24H,4,7,11H2,1H3,(H,20,22)(H,21,23). The Morgan fingerprint density at radius 2 is 1.76 bits per heavy atom. The van der Waals surface area contributed by atoms with Crippen molar-refractivity contribution in [1.29, 1.82) is 0 Å². The van der Waals surface area contributed by atoms with E-state index in [1.54, 1.807) is 49.0 Å². The smallest absolute Gasteiger partial charge is 0.274 e. The Bertz CT molecular complexity index is 787. The van der Waals surface area contributed by atoms with Gasteiger partial charge in [-0.3, -0.25) is 14.8 Å². The zero-order valence-corrected chi connectivity index (χ0v) is 13.9. The van der Waals surface area contributed by atoms with Gasteiger partial charge in [-0.15, -0.1) is 0 Å². The second kappa shape index (κ2) is 7.36. The van der Waals surface area contributed by atoms with Crippen LogP contribution in [0, 0.1) is 0 Å². The van der Waals surface area contributed by atoms with Gasteiger partial charge in [0.25, 0.3) is 11.8 Å². The first kappa shape index (κ1) is 17.0. The van der Waals surface area contributed by atoms with Gasteiger partial charge in [0.1, 0.15) is 5.75 Å². The van der Waals surface area contributed by atoms with Crippen molar-refractivity contribution in [2.75, 3.05) is 7.11 Å². The van der Waals surface area contributed by atoms with Gasteiger partial charge >= 0.3 is 0 Å². The highest BCUT2D eigenvalue weighted by Crippen LogP contribution is 2.23. The SMILES string of the molecule is COc1ccc(C(=O)NC2CCc3cc(C(=O)NO)ccc3C2)cc1. The fourth-order valence-corrected chi connectivity index (χ4v) is 3.10. The molecule has 0 fully saturated rings. The summed E-state index contributed by atoms with van der Waals surface area (Å²) >= 11 is 0. The highest BCUT2D eigenvalue weighted by atomic mass is 16.5. The zero-order chi connectivity index (χ0) is 17.8. The van der Waals surface area contributed by atoms with E-state index >= 15 is 0 Å². The number of carbonyl (C=O) groups excluding carboxylic acids is 2. The topological polar surface area (TPSA) is 87.7 Å². The lowest BCUT2D eigenvalue weighted by Gasteiger charge is -2.26. The fourth-order valence-electron chi connectivity index (χ4n) is 3.10. The third-order valence-corrected chi connectivity index (χ3v) is 4.49. The van der Waals surface area contributed by atoms with Gasteiger partial charge in [-0.05, 0) is 66.8 Å². The summed E-state index contributed by atoms with van der Waals surface area (Å²) < 4.78 is 5.10. The van der Waals surface area contributed by atoms with E-state index in [0.29, 0.717) is 16.9 Å². The molecule has 2 aromatic carbocycles. The highest BCUT2D eigenvalue weighted by molar-refractivity contribution is 5.95. The van der Waals surface area contributed by atoms with Crippen LogP contribution in [0.5, 0.6) is 5.75 Å². The summed E-state index contributed by atoms with van der Waals surface area (Å²) in [4.78, 5) is 23.9. The molecule has 0 heterocycles. The minimum atomic E-state index is -0.516. The van der Waals surface area contributed by atoms with Crippen LogP contribution in [0.1, 0.15) is 38.3 Å². The Labute approximate surface area is 145 Å². The molecule has 6 nitrogen and oxygen atoms in total. The minimum Gasteiger partial charge on any atom is -0.497 e. The molecule has 1 aliphatic rings. The van der Waals surface area contributed by atoms with Crippen molar-refractivity contribution in [3.63, 3.8) is 0 Å². The van der Waals surface area contributed by atoms with Gasteiger partial charge in [-0.1, -0.05) is 6.07 Å². The predicted octanol–water partition coefficient (Wildman–Crippen LogP) is 2.10. The van der Waals surface area contributed by atoms with Gasteiger partial charge in [0, 0.05) is 17.2 Å². The number of hydrogen-bond acceptors (Lipinski definition) is 4. The molecule has 3 rings (SSSR count). The quantitative estimate of drug-likeness (QED) is 0.587. The summed E-state index contributed by atoms with van der Waals surface area (Å²) in [5.74, 6) is 0.0935. The summed E-state index contributed by atoms with van der Waals surface area (Å²) in [5, 5.41) is 11.8. The number of rotatable bonds is 4. The minimum absolute atomic E-state index is 0.0552. The number of ether oxygens (including phenoxy) is 1. The molecule has 2 amide bonds. The van der Waals surface area contributed by atoms with Crippen molar-refractivity contribution in [3.05, 3.63) is 64.7 Å². The summed E-state index contributed by atoms with van der Waals surface area (Å²) in [6, 6.07) is 12.4. The van der Waals surface area contributed by atoms with E-state index in [2.05, 4.69) is 5.32 Å². The summed E-state index contributed by atoms with van der Waals surface area (Å²) in [7, 11) is 1.59. The molecular weight excluding hydrogens is 320 g/mol. The van der Waals surface area contributed by atoms with Crippen LogP contribution in [0.4, 0.5) is 0 Å². The molecule has 6 heteroatoms. The fraction of sp³-hybridized carbons (Fsp3) is 0.263. The van der Waals surface area contributed by atoms with Crippen LogP contribution < -0.4 is 15.5 Å². The molecule has 0 aromatic heterocycles. The summed E-state index contributed by atoms with van der Waals surface area (Å²) in [6.45, 7) is 0. The molecule has 0 aliphatic heterocycles. The molecule has 0 radical (unpaired) electrons. The molecule has 1 atom stereocenters. The average molecular weight is 340 g/mol. The largest absolute Gasteiger partial charge is 0.497 e. The van der Waals surface area contributed by atoms with E-state index in [-0.39, 0.29) is 11.9 Å². The van der Waals surface area contributed by atoms with Crippen LogP contribution in [-0.4, -0.2) is 30.2 Å². The maximum absolute atomic E-state index is 12.4. The van der Waals surface area contributed by atoms with Crippen LogP contribution in [0.2, 0.25) is 0 Å². The molecule has 130 valence electrons. The molecule has 25 heavy (non-hydrogen) atoms. The highest BCUT2D eigenvalue weighted by Gasteiger charge is 2.21. The number of fused-ring (bicyclic) bond motifs is 1. The number of carbonyl (C=O) groups is 2. The van der Waals surface area contributed by atoms with Crippen molar-refractivity contribution in [1.82, 2.24) is 10.8 Å². The van der Waals surface area contributed by atoms with Crippen molar-refractivity contribution in [2.24, 2.45) is 0 Å². The molecule has 0 saturated heterocycles. The Hall–Kier alpha value is -2.86. The van der Waals surface area contributed by atoms with Crippen LogP contribution in [0.15, 0.2) is 42.5 Å². The number of hydrogen-bond donors (Lipinski definition) is 3. The van der Waals surface area contributed by atoms with Crippen molar-refractivity contribution in [2.45, 2.75) is 25.3 Å². The van der Waals surface area contributed by atoms with Gasteiger partial charge in [-0.2, -0.15) is 0 Å². The maximum Gasteiger partial charge on any atom is 0.274 e. The first-order chi connectivity index (χ1) is 12.1. The Morgan fingerprint density at radius 1 is 1.04 bits per heavy atom. The molecular formula is C19H20N2O4. The third-order valence-electron chi connectivity index (χ3n) is 4.49. The third kappa shape index (κ3) is 3.80. The molecule has 0 saturated carbocycles. The van der Waals surface area contributed by atoms with Gasteiger partial charge in [-0.25, -0.2) is 5.48 Å². The van der Waals surface area contributed by atoms with Crippen LogP contribution in [0.25, 0.3) is 0 Å². The van der Waals surface area contributed by atoms with E-state index in [9.17, 15) is 9.59 Å². The second-order valence-electron chi connectivity index (χ2n) is 6.07. The van der Waals surface area contributed by atoms with Crippen LogP contribution in [-0.2, 0) is 12.8 Å². The van der Waals surface area contributed by atoms with Crippen LogP contribution >= 0.6 is 0 Å². The Balaban J connectivity index is 1.66. The Kier molecular flexibility index (Phi) is 5.00. The molecule has 3 N–H and O–H groups in total. The lowest BCUT2D eigenvalue weighted by Crippen LogP contribution is -2.38. The van der Waals surface area contributed by atoms with E-state index in [4.69, 9.17) is 9.94 Å². The van der Waals surface area contributed by atoms with Crippen molar-refractivity contribution < 1.29 is 19.5 Å². The number of methoxy groups -OCH3 is 1. The number of aryl methyl sites for hydroxylation is 1. The van der Waals surface area contributed by atoms with E-state index in [0.717, 1.165) is 30.4 Å². The second-order valence-corrected chi connectivity index (χ2v) is 6.07. The van der Waals surface area contributed by atoms with Gasteiger partial charge in [0.2, 0.25) is 0 Å². The maximum atomic E-state index is 12.4. The lowest BCUT2D eigenvalue weighted by atomic mass is 9.87. The lowest BCUT2D eigenvalue weighted by molar-refractivity contribution is 0.0706. The summed E-state index contributed by atoms with van der Waals surface area (Å²) in [5.41, 5.74) is 4.87. The first-order valence-electron chi connectivity index (χ1n) is 8.12.